The number of hydrogen-bond acceptors (Lipinski definition) is 3. The first-order valence-electron chi connectivity index (χ1n) is 7.17. The summed E-state index contributed by atoms with van der Waals surface area (Å²) in [5, 5.41) is 0.735. The van der Waals surface area contributed by atoms with Gasteiger partial charge in [0.1, 0.15) is 0 Å². The second-order valence-corrected chi connectivity index (χ2v) is 6.34. The molecule has 0 saturated carbocycles. The monoisotopic (exact) mass is 293 g/mol. The molecule has 0 aromatic heterocycles. The Kier molecular flexibility index (Phi) is 3.74. The van der Waals surface area contributed by atoms with Gasteiger partial charge in [-0.25, -0.2) is 0 Å². The van der Waals surface area contributed by atoms with Gasteiger partial charge < -0.3 is 4.74 Å². The maximum Gasteiger partial charge on any atom is 0.310 e. The van der Waals surface area contributed by atoms with Gasteiger partial charge in [-0.2, -0.15) is 0 Å². The lowest BCUT2D eigenvalue weighted by Crippen LogP contribution is -2.49. The molecule has 2 aliphatic rings. The summed E-state index contributed by atoms with van der Waals surface area (Å²) in [4.78, 5) is 14.6. The van der Waals surface area contributed by atoms with Gasteiger partial charge in [0.15, 0.2) is 0 Å². The average molecular weight is 294 g/mol. The topological polar surface area (TPSA) is 29.5 Å². The van der Waals surface area contributed by atoms with Gasteiger partial charge in [0, 0.05) is 23.0 Å². The molecule has 2 heterocycles. The fraction of sp³-hybridized carbons (Fsp3) is 0.562. The average Bonchev–Trinajstić information content (AvgIpc) is 2.70. The van der Waals surface area contributed by atoms with Gasteiger partial charge in [-0.1, -0.05) is 23.7 Å². The van der Waals surface area contributed by atoms with Gasteiger partial charge in [0.25, 0.3) is 0 Å². The van der Waals surface area contributed by atoms with Crippen molar-refractivity contribution >= 4 is 17.6 Å². The first-order valence-corrected chi connectivity index (χ1v) is 7.55. The predicted octanol–water partition coefficient (Wildman–Crippen LogP) is 3.08. The van der Waals surface area contributed by atoms with Crippen LogP contribution in [0.25, 0.3) is 0 Å². The summed E-state index contributed by atoms with van der Waals surface area (Å²) < 4.78 is 5.07. The molecular formula is C16H20ClNO2. The molecule has 3 rings (SSSR count). The van der Waals surface area contributed by atoms with Gasteiger partial charge in [0.05, 0.1) is 13.0 Å². The van der Waals surface area contributed by atoms with E-state index in [0.717, 1.165) is 17.9 Å². The quantitative estimate of drug-likeness (QED) is 0.785. The molecule has 108 valence electrons. The van der Waals surface area contributed by atoms with E-state index in [4.69, 9.17) is 16.3 Å². The molecule has 4 heteroatoms. The van der Waals surface area contributed by atoms with Crippen LogP contribution >= 0.6 is 11.6 Å². The summed E-state index contributed by atoms with van der Waals surface area (Å²) >= 11 is 5.97. The Bertz CT molecular complexity index is 502. The Morgan fingerprint density at radius 2 is 2.00 bits per heavy atom. The summed E-state index contributed by atoms with van der Waals surface area (Å²) in [6, 6.07) is 8.81. The molecule has 20 heavy (non-hydrogen) atoms. The normalized spacial score (nSPS) is 33.1. The molecular weight excluding hydrogens is 274 g/mol. The third-order valence-corrected chi connectivity index (χ3v) is 5.29. The number of carbonyl (C=O) groups is 1. The van der Waals surface area contributed by atoms with Gasteiger partial charge >= 0.3 is 5.97 Å². The van der Waals surface area contributed by atoms with Crippen LogP contribution in [-0.4, -0.2) is 37.1 Å². The van der Waals surface area contributed by atoms with Crippen molar-refractivity contribution in [3.05, 3.63) is 34.9 Å². The van der Waals surface area contributed by atoms with E-state index in [1.807, 2.05) is 24.3 Å². The summed E-state index contributed by atoms with van der Waals surface area (Å²) in [7, 11) is 3.62. The molecule has 2 fully saturated rings. The summed E-state index contributed by atoms with van der Waals surface area (Å²) in [5.74, 6) is 0.0977. The predicted molar refractivity (Wildman–Crippen MR) is 78.9 cm³/mol. The number of nitrogens with zero attached hydrogens (tertiary/aromatic N) is 1. The van der Waals surface area contributed by atoms with E-state index < -0.39 is 0 Å². The molecule has 2 bridgehead atoms. The fourth-order valence-corrected chi connectivity index (χ4v) is 4.10. The van der Waals surface area contributed by atoms with Crippen LogP contribution in [-0.2, 0) is 9.53 Å². The smallest absolute Gasteiger partial charge is 0.310 e. The lowest BCUT2D eigenvalue weighted by Gasteiger charge is -2.41. The van der Waals surface area contributed by atoms with Crippen LogP contribution in [0.15, 0.2) is 24.3 Å². The van der Waals surface area contributed by atoms with Crippen molar-refractivity contribution in [2.45, 2.75) is 37.3 Å². The minimum Gasteiger partial charge on any atom is -0.469 e. The third kappa shape index (κ3) is 2.23. The van der Waals surface area contributed by atoms with E-state index in [2.05, 4.69) is 11.9 Å². The Hall–Kier alpha value is -1.06. The number of halogens is 1. The third-order valence-electron chi connectivity index (χ3n) is 5.04. The Balaban J connectivity index is 1.95. The summed E-state index contributed by atoms with van der Waals surface area (Å²) in [5.41, 5.74) is 1.20. The number of methoxy groups -OCH3 is 1. The number of ether oxygens (including phenoxy) is 1. The van der Waals surface area contributed by atoms with Crippen molar-refractivity contribution in [2.24, 2.45) is 5.92 Å². The SMILES string of the molecule is COC(=O)C1C2CC[C@H](C[C@@H]1c1ccc(Cl)cc1)N2C. The van der Waals surface area contributed by atoms with Crippen LogP contribution in [0, 0.1) is 5.92 Å². The lowest BCUT2D eigenvalue weighted by atomic mass is 9.76. The maximum absolute atomic E-state index is 12.3. The molecule has 2 saturated heterocycles. The Morgan fingerprint density at radius 1 is 1.30 bits per heavy atom. The molecule has 0 amide bonds. The highest BCUT2D eigenvalue weighted by atomic mass is 35.5. The number of rotatable bonds is 2. The second-order valence-electron chi connectivity index (χ2n) is 5.91. The molecule has 1 aromatic carbocycles. The zero-order valence-electron chi connectivity index (χ0n) is 11.9. The molecule has 0 radical (unpaired) electrons. The number of benzene rings is 1. The van der Waals surface area contributed by atoms with Crippen LogP contribution in [0.3, 0.4) is 0 Å². The number of fused-ring (bicyclic) bond motifs is 2. The molecule has 3 nitrogen and oxygen atoms in total. The zero-order valence-corrected chi connectivity index (χ0v) is 12.6. The van der Waals surface area contributed by atoms with Crippen molar-refractivity contribution < 1.29 is 9.53 Å². The molecule has 1 aromatic rings. The lowest BCUT2D eigenvalue weighted by molar-refractivity contribution is -0.150. The van der Waals surface area contributed by atoms with Gasteiger partial charge in [-0.3, -0.25) is 9.69 Å². The van der Waals surface area contributed by atoms with Crippen LogP contribution < -0.4 is 0 Å². The van der Waals surface area contributed by atoms with E-state index in [0.29, 0.717) is 12.1 Å². The van der Waals surface area contributed by atoms with E-state index in [1.54, 1.807) is 0 Å². The highest BCUT2D eigenvalue weighted by Crippen LogP contribution is 2.46. The van der Waals surface area contributed by atoms with Crippen molar-refractivity contribution in [3.63, 3.8) is 0 Å². The van der Waals surface area contributed by atoms with Gasteiger partial charge in [-0.05, 0) is 44.0 Å². The molecule has 4 atom stereocenters. The van der Waals surface area contributed by atoms with Crippen LogP contribution in [0.2, 0.25) is 5.02 Å². The highest BCUT2D eigenvalue weighted by Gasteiger charge is 2.49. The van der Waals surface area contributed by atoms with Crippen LogP contribution in [0.1, 0.15) is 30.7 Å². The summed E-state index contributed by atoms with van der Waals surface area (Å²) in [6.45, 7) is 0. The zero-order chi connectivity index (χ0) is 14.3. The number of esters is 1. The van der Waals surface area contributed by atoms with Crippen molar-refractivity contribution in [3.8, 4) is 0 Å². The van der Waals surface area contributed by atoms with Crippen molar-refractivity contribution in [2.75, 3.05) is 14.2 Å². The van der Waals surface area contributed by atoms with E-state index in [9.17, 15) is 4.79 Å². The van der Waals surface area contributed by atoms with E-state index in [-0.39, 0.29) is 17.8 Å². The highest BCUT2D eigenvalue weighted by molar-refractivity contribution is 6.30. The number of carbonyl (C=O) groups excluding carboxylic acids is 1. The maximum atomic E-state index is 12.3. The largest absolute Gasteiger partial charge is 0.469 e. The second kappa shape index (κ2) is 5.38. The standard InChI is InChI=1S/C16H20ClNO2/c1-18-12-7-8-14(18)15(16(19)20-2)13(9-12)10-3-5-11(17)6-4-10/h3-6,12-15H,7-9H2,1-2H3/t12-,13-,14?,15?/m1/s1. The van der Waals surface area contributed by atoms with Crippen LogP contribution in [0.4, 0.5) is 0 Å². The minimum atomic E-state index is -0.0813. The minimum absolute atomic E-state index is 0.0649. The molecule has 0 N–H and O–H groups in total. The molecule has 2 aliphatic heterocycles. The first-order chi connectivity index (χ1) is 9.61. The molecule has 2 unspecified atom stereocenters. The molecule has 0 spiro atoms. The van der Waals surface area contributed by atoms with Gasteiger partial charge in [0.2, 0.25) is 0 Å². The number of piperidine rings is 1. The van der Waals surface area contributed by atoms with E-state index in [1.165, 1.54) is 19.1 Å². The summed E-state index contributed by atoms with van der Waals surface area (Å²) in [6.07, 6.45) is 3.29. The Labute approximate surface area is 124 Å². The van der Waals surface area contributed by atoms with Gasteiger partial charge in [-0.15, -0.1) is 0 Å². The van der Waals surface area contributed by atoms with E-state index >= 15 is 0 Å². The van der Waals surface area contributed by atoms with Crippen molar-refractivity contribution in [1.29, 1.82) is 0 Å². The van der Waals surface area contributed by atoms with Crippen molar-refractivity contribution in [1.82, 2.24) is 4.90 Å². The molecule has 0 aliphatic carbocycles. The number of hydrogen-bond donors (Lipinski definition) is 0. The first kappa shape index (κ1) is 13.9. The Morgan fingerprint density at radius 3 is 2.65 bits per heavy atom. The van der Waals surface area contributed by atoms with Crippen LogP contribution in [0.5, 0.6) is 0 Å². The fourth-order valence-electron chi connectivity index (χ4n) is 3.98.